The quantitative estimate of drug-likeness (QED) is 0.782. The smallest absolute Gasteiger partial charge is 0.114 e. The first kappa shape index (κ1) is 10.1. The molecule has 0 aromatic carbocycles. The van der Waals surface area contributed by atoms with Crippen molar-refractivity contribution in [2.24, 2.45) is 0 Å². The highest BCUT2D eigenvalue weighted by Crippen LogP contribution is 2.41. The van der Waals surface area contributed by atoms with Gasteiger partial charge in [0.15, 0.2) is 0 Å². The number of nitriles is 1. The fourth-order valence-electron chi connectivity index (χ4n) is 2.00. The predicted molar refractivity (Wildman–Crippen MR) is 60.2 cm³/mol. The van der Waals surface area contributed by atoms with Crippen molar-refractivity contribution < 1.29 is 0 Å². The number of aromatic nitrogens is 1. The molecule has 0 atom stereocenters. The van der Waals surface area contributed by atoms with Gasteiger partial charge in [0.05, 0.1) is 16.1 Å². The Hall–Kier alpha value is -0.400. The van der Waals surface area contributed by atoms with Crippen LogP contribution in [-0.4, -0.2) is 4.98 Å². The van der Waals surface area contributed by atoms with Gasteiger partial charge in [0, 0.05) is 0 Å². The van der Waals surface area contributed by atoms with Crippen LogP contribution in [-0.2, 0) is 5.41 Å². The first-order chi connectivity index (χ1) is 6.77. The van der Waals surface area contributed by atoms with Gasteiger partial charge in [-0.1, -0.05) is 19.3 Å². The van der Waals surface area contributed by atoms with E-state index < -0.39 is 0 Å². The van der Waals surface area contributed by atoms with Crippen molar-refractivity contribution in [1.29, 1.82) is 5.26 Å². The van der Waals surface area contributed by atoms with Crippen molar-refractivity contribution in [1.82, 2.24) is 4.98 Å². The zero-order valence-electron chi connectivity index (χ0n) is 7.79. The third-order valence-corrected chi connectivity index (χ3v) is 4.49. The summed E-state index contributed by atoms with van der Waals surface area (Å²) in [6, 6.07) is 2.47. The van der Waals surface area contributed by atoms with E-state index in [0.29, 0.717) is 0 Å². The normalized spacial score (nSPS) is 20.3. The fraction of sp³-hybridized carbons (Fsp3) is 0.600. The van der Waals surface area contributed by atoms with Gasteiger partial charge in [0.1, 0.15) is 10.4 Å². The summed E-state index contributed by atoms with van der Waals surface area (Å²) >= 11 is 5.00. The lowest BCUT2D eigenvalue weighted by Gasteiger charge is -2.28. The molecule has 1 fully saturated rings. The summed E-state index contributed by atoms with van der Waals surface area (Å²) in [4.78, 5) is 4.33. The van der Waals surface area contributed by atoms with E-state index in [9.17, 15) is 5.26 Å². The molecule has 2 nitrogen and oxygen atoms in total. The zero-order valence-corrected chi connectivity index (χ0v) is 10.2. The lowest BCUT2D eigenvalue weighted by Crippen LogP contribution is -2.26. The average molecular weight is 271 g/mol. The highest BCUT2D eigenvalue weighted by atomic mass is 79.9. The molecule has 1 saturated carbocycles. The second kappa shape index (κ2) is 4.00. The van der Waals surface area contributed by atoms with Crippen LogP contribution in [0.25, 0.3) is 0 Å². The fourth-order valence-corrected chi connectivity index (χ4v) is 3.41. The molecule has 0 unspecified atom stereocenters. The van der Waals surface area contributed by atoms with E-state index >= 15 is 0 Å². The Balaban J connectivity index is 2.32. The molecule has 1 aromatic heterocycles. The topological polar surface area (TPSA) is 36.7 Å². The second-order valence-electron chi connectivity index (χ2n) is 3.72. The predicted octanol–water partition coefficient (Wildman–Crippen LogP) is 3.63. The molecule has 0 spiro atoms. The maximum Gasteiger partial charge on any atom is 0.114 e. The molecule has 0 aliphatic heterocycles. The van der Waals surface area contributed by atoms with Crippen LogP contribution in [0, 0.1) is 11.3 Å². The van der Waals surface area contributed by atoms with Gasteiger partial charge < -0.3 is 0 Å². The maximum atomic E-state index is 9.31. The molecule has 0 radical (unpaired) electrons. The van der Waals surface area contributed by atoms with E-state index in [4.69, 9.17) is 0 Å². The molecule has 0 bridgehead atoms. The van der Waals surface area contributed by atoms with Crippen LogP contribution in [0.5, 0.6) is 0 Å². The lowest BCUT2D eigenvalue weighted by atomic mass is 9.76. The van der Waals surface area contributed by atoms with E-state index in [1.165, 1.54) is 6.42 Å². The van der Waals surface area contributed by atoms with Gasteiger partial charge in [-0.25, -0.2) is 4.98 Å². The van der Waals surface area contributed by atoms with Crippen LogP contribution in [0.15, 0.2) is 9.98 Å². The standard InChI is InChI=1S/C10H11BrN2S/c11-8-6-13-9(14-8)10(7-12)4-2-1-3-5-10/h6H,1-5H2. The van der Waals surface area contributed by atoms with E-state index in [0.717, 1.165) is 34.5 Å². The van der Waals surface area contributed by atoms with E-state index in [1.54, 1.807) is 17.5 Å². The zero-order chi connectivity index (χ0) is 10.0. The number of nitrogens with zero attached hydrogens (tertiary/aromatic N) is 2. The first-order valence-corrected chi connectivity index (χ1v) is 6.41. The molecule has 0 saturated heterocycles. The van der Waals surface area contributed by atoms with Gasteiger partial charge in [0.25, 0.3) is 0 Å². The SMILES string of the molecule is N#CC1(c2ncc(Br)s2)CCCCC1. The molecule has 4 heteroatoms. The number of thiazole rings is 1. The molecular weight excluding hydrogens is 260 g/mol. The summed E-state index contributed by atoms with van der Waals surface area (Å²) in [5, 5.41) is 10.3. The van der Waals surface area contributed by atoms with Crippen molar-refractivity contribution in [2.75, 3.05) is 0 Å². The summed E-state index contributed by atoms with van der Waals surface area (Å²) in [5.74, 6) is 0. The van der Waals surface area contributed by atoms with Gasteiger partial charge in [-0.15, -0.1) is 11.3 Å². The lowest BCUT2D eigenvalue weighted by molar-refractivity contribution is 0.365. The van der Waals surface area contributed by atoms with Gasteiger partial charge in [-0.2, -0.15) is 5.26 Å². The number of rotatable bonds is 1. The van der Waals surface area contributed by atoms with Gasteiger partial charge in [0.2, 0.25) is 0 Å². The molecule has 1 aromatic rings. The number of hydrogen-bond donors (Lipinski definition) is 0. The highest BCUT2D eigenvalue weighted by molar-refractivity contribution is 9.11. The van der Waals surface area contributed by atoms with Crippen LogP contribution in [0.2, 0.25) is 0 Å². The Morgan fingerprint density at radius 3 is 2.64 bits per heavy atom. The molecular formula is C10H11BrN2S. The molecule has 2 rings (SSSR count). The third kappa shape index (κ3) is 1.71. The Kier molecular flexibility index (Phi) is 2.89. The molecule has 0 N–H and O–H groups in total. The van der Waals surface area contributed by atoms with Crippen LogP contribution in [0.1, 0.15) is 37.1 Å². The summed E-state index contributed by atoms with van der Waals surface area (Å²) in [6.07, 6.45) is 7.33. The molecule has 0 amide bonds. The number of halogens is 1. The maximum absolute atomic E-state index is 9.31. The van der Waals surface area contributed by atoms with Crippen LogP contribution in [0.3, 0.4) is 0 Å². The van der Waals surface area contributed by atoms with Gasteiger partial charge in [-0.3, -0.25) is 0 Å². The van der Waals surface area contributed by atoms with E-state index in [1.807, 2.05) is 0 Å². The summed E-state index contributed by atoms with van der Waals surface area (Å²) < 4.78 is 1.02. The van der Waals surface area contributed by atoms with Gasteiger partial charge >= 0.3 is 0 Å². The highest BCUT2D eigenvalue weighted by Gasteiger charge is 2.36. The molecule has 1 aliphatic rings. The van der Waals surface area contributed by atoms with Crippen LogP contribution < -0.4 is 0 Å². The average Bonchev–Trinajstić information content (AvgIpc) is 2.66. The molecule has 1 aliphatic carbocycles. The molecule has 14 heavy (non-hydrogen) atoms. The Bertz CT molecular complexity index is 360. The molecule has 1 heterocycles. The largest absolute Gasteiger partial charge is 0.247 e. The second-order valence-corrected chi connectivity index (χ2v) is 6.13. The van der Waals surface area contributed by atoms with Crippen molar-refractivity contribution in [2.45, 2.75) is 37.5 Å². The van der Waals surface area contributed by atoms with Crippen molar-refractivity contribution in [3.63, 3.8) is 0 Å². The Morgan fingerprint density at radius 2 is 2.14 bits per heavy atom. The Labute approximate surface area is 96.1 Å². The monoisotopic (exact) mass is 270 g/mol. The minimum atomic E-state index is -0.283. The summed E-state index contributed by atoms with van der Waals surface area (Å²) in [5.41, 5.74) is -0.283. The van der Waals surface area contributed by atoms with E-state index in [-0.39, 0.29) is 5.41 Å². The summed E-state index contributed by atoms with van der Waals surface area (Å²) in [7, 11) is 0. The first-order valence-electron chi connectivity index (χ1n) is 4.80. The van der Waals surface area contributed by atoms with Crippen molar-refractivity contribution in [3.8, 4) is 6.07 Å². The van der Waals surface area contributed by atoms with E-state index in [2.05, 4.69) is 27.0 Å². The number of hydrogen-bond acceptors (Lipinski definition) is 3. The minimum Gasteiger partial charge on any atom is -0.247 e. The Morgan fingerprint density at radius 1 is 1.43 bits per heavy atom. The van der Waals surface area contributed by atoms with Gasteiger partial charge in [-0.05, 0) is 28.8 Å². The summed E-state index contributed by atoms with van der Waals surface area (Å²) in [6.45, 7) is 0. The molecule has 74 valence electrons. The third-order valence-electron chi connectivity index (χ3n) is 2.81. The van der Waals surface area contributed by atoms with Crippen molar-refractivity contribution in [3.05, 3.63) is 15.0 Å². The van der Waals surface area contributed by atoms with Crippen LogP contribution in [0.4, 0.5) is 0 Å². The minimum absolute atomic E-state index is 0.283. The van der Waals surface area contributed by atoms with Crippen molar-refractivity contribution >= 4 is 27.3 Å². The van der Waals surface area contributed by atoms with Crippen LogP contribution >= 0.6 is 27.3 Å².